The molecule has 29 heavy (non-hydrogen) atoms. The maximum atomic E-state index is 13.5. The van der Waals surface area contributed by atoms with Crippen LogP contribution in [0.2, 0.25) is 0 Å². The van der Waals surface area contributed by atoms with Crippen LogP contribution in [0.1, 0.15) is 38.7 Å². The first-order chi connectivity index (χ1) is 13.7. The van der Waals surface area contributed by atoms with Crippen molar-refractivity contribution < 1.29 is 4.39 Å². The first-order valence-electron chi connectivity index (χ1n) is 10.7. The summed E-state index contributed by atoms with van der Waals surface area (Å²) in [7, 11) is 0. The highest BCUT2D eigenvalue weighted by Crippen LogP contribution is 2.20. The number of H-pyrrole nitrogens is 1. The lowest BCUT2D eigenvalue weighted by Crippen LogP contribution is -2.38. The number of aromatic nitrogens is 1. The van der Waals surface area contributed by atoms with Crippen LogP contribution >= 0.6 is 24.0 Å². The summed E-state index contributed by atoms with van der Waals surface area (Å²) in [6.07, 6.45) is 6.55. The Morgan fingerprint density at radius 2 is 2.03 bits per heavy atom. The number of benzene rings is 1. The fraction of sp³-hybridized carbons (Fsp3) is 0.591. The largest absolute Gasteiger partial charge is 0.361 e. The van der Waals surface area contributed by atoms with Crippen LogP contribution < -0.4 is 10.6 Å². The summed E-state index contributed by atoms with van der Waals surface area (Å²) in [4.78, 5) is 10.5. The zero-order chi connectivity index (χ0) is 19.8. The van der Waals surface area contributed by atoms with Gasteiger partial charge in [-0.3, -0.25) is 4.99 Å². The van der Waals surface area contributed by atoms with Gasteiger partial charge in [0.2, 0.25) is 0 Å². The van der Waals surface area contributed by atoms with Gasteiger partial charge in [-0.1, -0.05) is 6.92 Å². The zero-order valence-corrected chi connectivity index (χ0v) is 20.0. The summed E-state index contributed by atoms with van der Waals surface area (Å²) < 4.78 is 13.5. The van der Waals surface area contributed by atoms with Crippen molar-refractivity contribution in [3.8, 4) is 0 Å². The van der Waals surface area contributed by atoms with Crippen LogP contribution in [0.4, 0.5) is 4.39 Å². The van der Waals surface area contributed by atoms with Gasteiger partial charge in [0.25, 0.3) is 0 Å². The molecular weight excluding hydrogens is 480 g/mol. The second-order valence-corrected chi connectivity index (χ2v) is 7.61. The van der Waals surface area contributed by atoms with E-state index in [0.29, 0.717) is 0 Å². The van der Waals surface area contributed by atoms with Crippen LogP contribution in [-0.2, 0) is 6.42 Å². The molecule has 0 unspecified atom stereocenters. The quantitative estimate of drug-likeness (QED) is 0.282. The SMILES string of the molecule is CCNC(=NCCC1CCN(CC)CC1)NCCc1c[nH]c2ccc(F)cc12.I. The van der Waals surface area contributed by atoms with E-state index in [9.17, 15) is 4.39 Å². The molecule has 0 atom stereocenters. The fourth-order valence-electron chi connectivity index (χ4n) is 3.97. The summed E-state index contributed by atoms with van der Waals surface area (Å²) >= 11 is 0. The monoisotopic (exact) mass is 515 g/mol. The molecule has 0 saturated carbocycles. The fourth-order valence-corrected chi connectivity index (χ4v) is 3.97. The molecule has 0 radical (unpaired) electrons. The molecule has 1 aliphatic rings. The van der Waals surface area contributed by atoms with E-state index in [-0.39, 0.29) is 29.8 Å². The van der Waals surface area contributed by atoms with E-state index in [1.807, 2.05) is 6.20 Å². The van der Waals surface area contributed by atoms with E-state index >= 15 is 0 Å². The lowest BCUT2D eigenvalue weighted by Gasteiger charge is -2.30. The molecule has 2 aromatic rings. The van der Waals surface area contributed by atoms with E-state index in [0.717, 1.165) is 60.8 Å². The molecule has 3 rings (SSSR count). The van der Waals surface area contributed by atoms with Crippen molar-refractivity contribution in [2.75, 3.05) is 39.3 Å². The highest BCUT2D eigenvalue weighted by atomic mass is 127. The number of likely N-dealkylation sites (tertiary alicyclic amines) is 1. The molecule has 162 valence electrons. The van der Waals surface area contributed by atoms with E-state index < -0.39 is 0 Å². The van der Waals surface area contributed by atoms with Gasteiger partial charge < -0.3 is 20.5 Å². The standard InChI is InChI=1S/C22H34FN5.HI/c1-3-24-22(25-11-7-17-9-13-28(4-2)14-10-17)26-12-8-18-16-27-21-6-5-19(23)15-20(18)21;/h5-6,15-17,27H,3-4,7-14H2,1-2H3,(H2,24,25,26);1H. The van der Waals surface area contributed by atoms with E-state index in [4.69, 9.17) is 4.99 Å². The molecule has 7 heteroatoms. The van der Waals surface area contributed by atoms with Gasteiger partial charge in [-0.05, 0) is 81.9 Å². The van der Waals surface area contributed by atoms with Crippen molar-refractivity contribution in [3.63, 3.8) is 0 Å². The van der Waals surface area contributed by atoms with Gasteiger partial charge in [-0.25, -0.2) is 4.39 Å². The van der Waals surface area contributed by atoms with Gasteiger partial charge in [0.1, 0.15) is 5.82 Å². The number of fused-ring (bicyclic) bond motifs is 1. The maximum Gasteiger partial charge on any atom is 0.191 e. The van der Waals surface area contributed by atoms with E-state index in [2.05, 4.69) is 34.4 Å². The summed E-state index contributed by atoms with van der Waals surface area (Å²) in [6.45, 7) is 10.4. The number of nitrogens with zero attached hydrogens (tertiary/aromatic N) is 2. The maximum absolute atomic E-state index is 13.5. The number of aromatic amines is 1. The third-order valence-corrected chi connectivity index (χ3v) is 5.72. The Bertz CT molecular complexity index is 768. The van der Waals surface area contributed by atoms with E-state index in [1.54, 1.807) is 12.1 Å². The molecule has 0 bridgehead atoms. The topological polar surface area (TPSA) is 55.5 Å². The minimum absolute atomic E-state index is 0. The second kappa shape index (κ2) is 12.4. The molecule has 1 aromatic heterocycles. The number of rotatable bonds is 8. The molecular formula is C22H35FIN5. The molecule has 1 saturated heterocycles. The molecule has 0 spiro atoms. The van der Waals surface area contributed by atoms with Gasteiger partial charge in [0.15, 0.2) is 5.96 Å². The third kappa shape index (κ3) is 7.13. The Morgan fingerprint density at radius 1 is 1.24 bits per heavy atom. The van der Waals surface area contributed by atoms with Gasteiger partial charge in [0.05, 0.1) is 0 Å². The number of hydrogen-bond donors (Lipinski definition) is 3. The average molecular weight is 515 g/mol. The Kier molecular flexibility index (Phi) is 10.2. The summed E-state index contributed by atoms with van der Waals surface area (Å²) in [5.74, 6) is 1.48. The molecule has 1 aromatic carbocycles. The number of guanidine groups is 1. The highest BCUT2D eigenvalue weighted by Gasteiger charge is 2.17. The molecule has 2 heterocycles. The second-order valence-electron chi connectivity index (χ2n) is 7.61. The Labute approximate surface area is 190 Å². The lowest BCUT2D eigenvalue weighted by molar-refractivity contribution is 0.188. The first kappa shape index (κ1) is 23.9. The predicted octanol–water partition coefficient (Wildman–Crippen LogP) is 4.14. The molecule has 5 nitrogen and oxygen atoms in total. The van der Waals surface area contributed by atoms with Crippen molar-refractivity contribution in [2.24, 2.45) is 10.9 Å². The number of aliphatic imine (C=N–C) groups is 1. The average Bonchev–Trinajstić information content (AvgIpc) is 3.10. The van der Waals surface area contributed by atoms with E-state index in [1.165, 1.54) is 38.5 Å². The molecule has 3 N–H and O–H groups in total. The molecule has 0 amide bonds. The van der Waals surface area contributed by atoms with Gasteiger partial charge in [-0.2, -0.15) is 0 Å². The minimum Gasteiger partial charge on any atom is -0.361 e. The Balaban J connectivity index is 0.00000300. The van der Waals surface area contributed by atoms with Crippen LogP contribution in [0.25, 0.3) is 10.9 Å². The Hall–Kier alpha value is -1.35. The molecule has 1 fully saturated rings. The van der Waals surface area contributed by atoms with Crippen molar-refractivity contribution in [3.05, 3.63) is 35.8 Å². The number of piperidine rings is 1. The van der Waals surface area contributed by atoms with Crippen LogP contribution in [0.15, 0.2) is 29.4 Å². The normalized spacial score (nSPS) is 16.0. The van der Waals surface area contributed by atoms with Crippen molar-refractivity contribution in [1.29, 1.82) is 0 Å². The number of hydrogen-bond acceptors (Lipinski definition) is 2. The van der Waals surface area contributed by atoms with Gasteiger partial charge >= 0.3 is 0 Å². The van der Waals surface area contributed by atoms with Gasteiger partial charge in [-0.15, -0.1) is 24.0 Å². The summed E-state index contributed by atoms with van der Waals surface area (Å²) in [5, 5.41) is 7.70. The first-order valence-corrected chi connectivity index (χ1v) is 10.7. The smallest absolute Gasteiger partial charge is 0.191 e. The number of halogens is 2. The van der Waals surface area contributed by atoms with Crippen molar-refractivity contribution in [1.82, 2.24) is 20.5 Å². The van der Waals surface area contributed by atoms with Gasteiger partial charge in [0, 0.05) is 36.7 Å². The van der Waals surface area contributed by atoms with Crippen molar-refractivity contribution >= 4 is 40.8 Å². The minimum atomic E-state index is -0.194. The van der Waals surface area contributed by atoms with Crippen LogP contribution in [-0.4, -0.2) is 55.1 Å². The highest BCUT2D eigenvalue weighted by molar-refractivity contribution is 14.0. The lowest BCUT2D eigenvalue weighted by atomic mass is 9.94. The van der Waals surface area contributed by atoms with Crippen LogP contribution in [0, 0.1) is 11.7 Å². The summed E-state index contributed by atoms with van der Waals surface area (Å²) in [5.41, 5.74) is 2.10. The zero-order valence-electron chi connectivity index (χ0n) is 17.6. The molecule has 1 aliphatic heterocycles. The number of nitrogens with one attached hydrogen (secondary N) is 3. The third-order valence-electron chi connectivity index (χ3n) is 5.72. The van der Waals surface area contributed by atoms with Crippen LogP contribution in [0.5, 0.6) is 0 Å². The molecule has 0 aliphatic carbocycles. The van der Waals surface area contributed by atoms with Crippen molar-refractivity contribution in [2.45, 2.75) is 39.5 Å². The summed E-state index contributed by atoms with van der Waals surface area (Å²) in [6, 6.07) is 4.88. The Morgan fingerprint density at radius 3 is 2.76 bits per heavy atom. The predicted molar refractivity (Wildman–Crippen MR) is 131 cm³/mol. The van der Waals surface area contributed by atoms with Crippen LogP contribution in [0.3, 0.4) is 0 Å².